The molecule has 23 heavy (non-hydrogen) atoms. The minimum atomic E-state index is -5.13. The topological polar surface area (TPSA) is 78.5 Å². The molecule has 1 saturated heterocycles. The third-order valence-electron chi connectivity index (χ3n) is 4.09. The first-order chi connectivity index (χ1) is 10.6. The van der Waals surface area contributed by atoms with Gasteiger partial charge in [0.2, 0.25) is 5.91 Å². The Morgan fingerprint density at radius 1 is 1.35 bits per heavy atom. The van der Waals surface area contributed by atoms with Gasteiger partial charge in [-0.25, -0.2) is 4.79 Å². The van der Waals surface area contributed by atoms with Gasteiger partial charge in [-0.05, 0) is 18.8 Å². The van der Waals surface area contributed by atoms with E-state index in [1.165, 1.54) is 0 Å². The Bertz CT molecular complexity index is 515. The summed E-state index contributed by atoms with van der Waals surface area (Å²) in [7, 11) is 0. The van der Waals surface area contributed by atoms with Crippen molar-refractivity contribution in [2.75, 3.05) is 0 Å². The molecule has 1 heterocycles. The molecule has 2 rings (SSSR count). The molecule has 4 amide bonds. The number of rotatable bonds is 4. The highest BCUT2D eigenvalue weighted by Gasteiger charge is 2.69. The summed E-state index contributed by atoms with van der Waals surface area (Å²) in [5, 5.41) is 3.38. The number of hydrogen-bond acceptors (Lipinski definition) is 3. The van der Waals surface area contributed by atoms with E-state index in [1.54, 1.807) is 24.5 Å². The lowest BCUT2D eigenvalue weighted by Crippen LogP contribution is -2.69. The van der Waals surface area contributed by atoms with Crippen molar-refractivity contribution in [3.8, 4) is 0 Å². The van der Waals surface area contributed by atoms with Crippen molar-refractivity contribution in [3.05, 3.63) is 0 Å². The second-order valence-electron chi connectivity index (χ2n) is 6.44. The Kier molecular flexibility index (Phi) is 4.59. The largest absolute Gasteiger partial charge is 0.440 e. The van der Waals surface area contributed by atoms with E-state index in [-0.39, 0.29) is 12.3 Å². The minimum absolute atomic E-state index is 0.176. The van der Waals surface area contributed by atoms with Crippen LogP contribution in [0.15, 0.2) is 0 Å². The molecule has 0 aromatic rings. The molecule has 9 heteroatoms. The third-order valence-corrected chi connectivity index (χ3v) is 4.09. The Labute approximate surface area is 131 Å². The van der Waals surface area contributed by atoms with Crippen LogP contribution in [-0.2, 0) is 9.59 Å². The lowest BCUT2D eigenvalue weighted by molar-refractivity contribution is -0.204. The average Bonchev–Trinajstić information content (AvgIpc) is 2.96. The van der Waals surface area contributed by atoms with Crippen LogP contribution in [0.1, 0.15) is 46.0 Å². The molecule has 1 saturated carbocycles. The molecule has 6 nitrogen and oxygen atoms in total. The zero-order chi connectivity index (χ0) is 17.4. The Morgan fingerprint density at radius 2 is 1.91 bits per heavy atom. The van der Waals surface area contributed by atoms with E-state index in [9.17, 15) is 27.6 Å². The fraction of sp³-hybridized carbons (Fsp3) is 0.786. The summed E-state index contributed by atoms with van der Waals surface area (Å²) < 4.78 is 40.6. The molecule has 0 aromatic heterocycles. The second kappa shape index (κ2) is 6.01. The maximum Gasteiger partial charge on any atom is 0.440 e. The maximum atomic E-state index is 13.5. The van der Waals surface area contributed by atoms with Gasteiger partial charge < -0.3 is 5.32 Å². The number of carbonyl (C=O) groups excluding carboxylic acids is 3. The number of nitrogens with zero attached hydrogens (tertiary/aromatic N) is 1. The quantitative estimate of drug-likeness (QED) is 0.770. The van der Waals surface area contributed by atoms with Crippen LogP contribution in [0.4, 0.5) is 18.0 Å². The van der Waals surface area contributed by atoms with E-state index in [4.69, 9.17) is 0 Å². The Hall–Kier alpha value is -1.80. The summed E-state index contributed by atoms with van der Waals surface area (Å²) in [6, 6.07) is -1.65. The van der Waals surface area contributed by atoms with E-state index in [2.05, 4.69) is 0 Å². The van der Waals surface area contributed by atoms with Crippen LogP contribution in [0.3, 0.4) is 0 Å². The summed E-state index contributed by atoms with van der Waals surface area (Å²) in [5.74, 6) is -2.56. The molecular weight excluding hydrogens is 315 g/mol. The molecule has 1 aliphatic carbocycles. The van der Waals surface area contributed by atoms with Crippen molar-refractivity contribution in [2.24, 2.45) is 5.92 Å². The number of urea groups is 1. The lowest BCUT2D eigenvalue weighted by atomic mass is 10.1. The highest BCUT2D eigenvalue weighted by Crippen LogP contribution is 2.37. The third kappa shape index (κ3) is 3.13. The van der Waals surface area contributed by atoms with Gasteiger partial charge in [0.25, 0.3) is 11.6 Å². The summed E-state index contributed by atoms with van der Waals surface area (Å²) in [5.41, 5.74) is -3.36. The first-order valence-corrected chi connectivity index (χ1v) is 7.62. The standard InChI is InChI=1S/C14H20F3N3O3/c1-8(2)7-10(21)18-13(14(15,16)17)11(22)20(12(23)19-13)9-5-3-4-6-9/h8-9H,3-7H2,1-2H3,(H,18,21)(H,19,23). The van der Waals surface area contributed by atoms with E-state index >= 15 is 0 Å². The van der Waals surface area contributed by atoms with Crippen molar-refractivity contribution < 1.29 is 27.6 Å². The maximum absolute atomic E-state index is 13.5. The number of hydrogen-bond donors (Lipinski definition) is 2. The lowest BCUT2D eigenvalue weighted by Gasteiger charge is -2.30. The van der Waals surface area contributed by atoms with Gasteiger partial charge in [0.05, 0.1) is 0 Å². The fourth-order valence-corrected chi connectivity index (χ4v) is 3.02. The van der Waals surface area contributed by atoms with Gasteiger partial charge in [0, 0.05) is 12.5 Å². The van der Waals surface area contributed by atoms with Crippen molar-refractivity contribution in [1.29, 1.82) is 0 Å². The second-order valence-corrected chi connectivity index (χ2v) is 6.44. The van der Waals surface area contributed by atoms with Crippen molar-refractivity contribution in [3.63, 3.8) is 0 Å². The highest BCUT2D eigenvalue weighted by atomic mass is 19.4. The van der Waals surface area contributed by atoms with Gasteiger partial charge in [-0.3, -0.25) is 19.8 Å². The van der Waals surface area contributed by atoms with Gasteiger partial charge in [-0.15, -0.1) is 0 Å². The molecule has 1 atom stereocenters. The van der Waals surface area contributed by atoms with E-state index in [1.807, 2.05) is 0 Å². The van der Waals surface area contributed by atoms with Crippen molar-refractivity contribution in [2.45, 2.75) is 63.8 Å². The predicted molar refractivity (Wildman–Crippen MR) is 74.0 cm³/mol. The first-order valence-electron chi connectivity index (χ1n) is 7.62. The summed E-state index contributed by atoms with van der Waals surface area (Å²) in [6.45, 7) is 3.33. The minimum Gasteiger partial charge on any atom is -0.318 e. The Balaban J connectivity index is 2.30. The van der Waals surface area contributed by atoms with Crippen LogP contribution >= 0.6 is 0 Å². The molecule has 2 N–H and O–H groups in total. The predicted octanol–water partition coefficient (Wildman–Crippen LogP) is 1.90. The SMILES string of the molecule is CC(C)CC(=O)NC1(C(F)(F)F)NC(=O)N(C2CCCC2)C1=O. The van der Waals surface area contributed by atoms with Gasteiger partial charge in [0.15, 0.2) is 0 Å². The number of halogens is 3. The highest BCUT2D eigenvalue weighted by molar-refractivity contribution is 6.09. The smallest absolute Gasteiger partial charge is 0.318 e. The van der Waals surface area contributed by atoms with E-state index in [0.717, 1.165) is 12.8 Å². The number of alkyl halides is 3. The van der Waals surface area contributed by atoms with Crippen LogP contribution < -0.4 is 10.6 Å². The normalized spacial score (nSPS) is 26.1. The molecule has 0 aromatic carbocycles. The number of nitrogens with one attached hydrogen (secondary N) is 2. The molecule has 0 bridgehead atoms. The molecule has 1 unspecified atom stereocenters. The van der Waals surface area contributed by atoms with Crippen molar-refractivity contribution >= 4 is 17.8 Å². The number of carbonyl (C=O) groups is 3. The molecule has 1 aliphatic heterocycles. The first kappa shape index (κ1) is 17.6. The molecule has 2 fully saturated rings. The van der Waals surface area contributed by atoms with Crippen LogP contribution in [0.5, 0.6) is 0 Å². The summed E-state index contributed by atoms with van der Waals surface area (Å²) in [6.07, 6.45) is -2.84. The fourth-order valence-electron chi connectivity index (χ4n) is 3.02. The number of imide groups is 1. The molecule has 0 spiro atoms. The van der Waals surface area contributed by atoms with Crippen LogP contribution in [0.2, 0.25) is 0 Å². The van der Waals surface area contributed by atoms with E-state index < -0.39 is 35.7 Å². The van der Waals surface area contributed by atoms with Crippen LogP contribution in [0, 0.1) is 5.92 Å². The molecule has 0 radical (unpaired) electrons. The summed E-state index contributed by atoms with van der Waals surface area (Å²) in [4.78, 5) is 36.8. The zero-order valence-electron chi connectivity index (χ0n) is 13.0. The van der Waals surface area contributed by atoms with Gasteiger partial charge >= 0.3 is 12.2 Å². The van der Waals surface area contributed by atoms with Gasteiger partial charge in [-0.1, -0.05) is 26.7 Å². The zero-order valence-corrected chi connectivity index (χ0v) is 13.0. The molecular formula is C14H20F3N3O3. The summed E-state index contributed by atoms with van der Waals surface area (Å²) >= 11 is 0. The monoisotopic (exact) mass is 335 g/mol. The van der Waals surface area contributed by atoms with Gasteiger partial charge in [0.1, 0.15) is 0 Å². The van der Waals surface area contributed by atoms with Gasteiger partial charge in [-0.2, -0.15) is 13.2 Å². The van der Waals surface area contributed by atoms with E-state index in [0.29, 0.717) is 17.7 Å². The van der Waals surface area contributed by atoms with Crippen LogP contribution in [0.25, 0.3) is 0 Å². The average molecular weight is 335 g/mol. The van der Waals surface area contributed by atoms with Crippen LogP contribution in [-0.4, -0.2) is 40.6 Å². The molecule has 2 aliphatic rings. The number of amides is 4. The molecule has 130 valence electrons. The van der Waals surface area contributed by atoms with Crippen molar-refractivity contribution in [1.82, 2.24) is 15.5 Å². The Morgan fingerprint density at radius 3 is 2.39 bits per heavy atom.